The Morgan fingerprint density at radius 1 is 0.352 bits per heavy atom. The van der Waals surface area contributed by atoms with Crippen molar-refractivity contribution in [1.82, 2.24) is 0 Å². The molecule has 0 spiro atoms. The van der Waals surface area contributed by atoms with Crippen LogP contribution < -0.4 is 4.90 Å². The average Bonchev–Trinajstić information content (AvgIpc) is 3.47. The molecule has 1 aliphatic rings. The van der Waals surface area contributed by atoms with E-state index in [0.717, 1.165) is 11.4 Å². The Kier molecular flexibility index (Phi) is 7.56. The Labute approximate surface area is 317 Å². The van der Waals surface area contributed by atoms with Crippen molar-refractivity contribution in [2.75, 3.05) is 4.90 Å². The van der Waals surface area contributed by atoms with Crippen LogP contribution in [-0.2, 0) is 5.41 Å². The van der Waals surface area contributed by atoms with Crippen LogP contribution in [0.4, 0.5) is 17.1 Å². The molecule has 1 nitrogen and oxygen atoms in total. The number of hydrogen-bond donors (Lipinski definition) is 0. The maximum absolute atomic E-state index is 2.45. The lowest BCUT2D eigenvalue weighted by atomic mass is 9.82. The zero-order chi connectivity index (χ0) is 36.2. The van der Waals surface area contributed by atoms with E-state index in [-0.39, 0.29) is 5.41 Å². The summed E-state index contributed by atoms with van der Waals surface area (Å²) in [6.07, 6.45) is 0. The van der Waals surface area contributed by atoms with E-state index >= 15 is 0 Å². The van der Waals surface area contributed by atoms with Gasteiger partial charge in [-0.15, -0.1) is 0 Å². The lowest BCUT2D eigenvalue weighted by molar-refractivity contribution is 0.660. The Morgan fingerprint density at radius 2 is 0.833 bits per heavy atom. The van der Waals surface area contributed by atoms with Crippen molar-refractivity contribution in [3.05, 3.63) is 211 Å². The van der Waals surface area contributed by atoms with Crippen molar-refractivity contribution in [2.45, 2.75) is 19.3 Å². The van der Waals surface area contributed by atoms with E-state index < -0.39 is 0 Å². The lowest BCUT2D eigenvalue weighted by Crippen LogP contribution is -2.16. The number of fused-ring (bicyclic) bond motifs is 5. The summed E-state index contributed by atoms with van der Waals surface area (Å²) in [5.41, 5.74) is 16.0. The first kappa shape index (κ1) is 32.0. The van der Waals surface area contributed by atoms with E-state index in [9.17, 15) is 0 Å². The molecule has 9 aromatic carbocycles. The van der Waals surface area contributed by atoms with E-state index in [1.165, 1.54) is 82.9 Å². The van der Waals surface area contributed by atoms with Crippen LogP contribution in [0.25, 0.3) is 66.1 Å². The molecule has 54 heavy (non-hydrogen) atoms. The molecule has 0 heterocycles. The van der Waals surface area contributed by atoms with Gasteiger partial charge in [-0.2, -0.15) is 0 Å². The normalized spacial score (nSPS) is 12.8. The predicted molar refractivity (Wildman–Crippen MR) is 230 cm³/mol. The number of rotatable bonds is 6. The monoisotopic (exact) mass is 689 g/mol. The Hall–Kier alpha value is -6.70. The number of nitrogens with zero attached hydrogens (tertiary/aromatic N) is 1. The third kappa shape index (κ3) is 5.24. The highest BCUT2D eigenvalue weighted by molar-refractivity contribution is 5.99. The quantitative estimate of drug-likeness (QED) is 0.168. The molecule has 0 saturated heterocycles. The van der Waals surface area contributed by atoms with Crippen LogP contribution in [-0.4, -0.2) is 0 Å². The van der Waals surface area contributed by atoms with Crippen LogP contribution in [0.2, 0.25) is 0 Å². The molecule has 0 bridgehead atoms. The minimum Gasteiger partial charge on any atom is -0.310 e. The second-order valence-electron chi connectivity index (χ2n) is 14.9. The fraction of sp³-hybridized carbons (Fsp3) is 0.0566. The molecule has 10 rings (SSSR count). The summed E-state index contributed by atoms with van der Waals surface area (Å²) in [4.78, 5) is 2.45. The van der Waals surface area contributed by atoms with Gasteiger partial charge in [0.2, 0.25) is 0 Å². The summed E-state index contributed by atoms with van der Waals surface area (Å²) in [6.45, 7) is 4.71. The summed E-state index contributed by atoms with van der Waals surface area (Å²) < 4.78 is 0. The van der Waals surface area contributed by atoms with Gasteiger partial charge in [0.05, 0.1) is 5.69 Å². The molecule has 1 heteroatoms. The van der Waals surface area contributed by atoms with E-state index in [1.54, 1.807) is 0 Å². The molecule has 0 radical (unpaired) electrons. The lowest BCUT2D eigenvalue weighted by Gasteiger charge is -2.29. The van der Waals surface area contributed by atoms with Gasteiger partial charge in [0, 0.05) is 22.4 Å². The van der Waals surface area contributed by atoms with E-state index in [4.69, 9.17) is 0 Å². The molecule has 0 unspecified atom stereocenters. The first-order chi connectivity index (χ1) is 26.5. The van der Waals surface area contributed by atoms with E-state index in [2.05, 4.69) is 219 Å². The third-order valence-corrected chi connectivity index (χ3v) is 11.5. The first-order valence-corrected chi connectivity index (χ1v) is 18.8. The van der Waals surface area contributed by atoms with E-state index in [0.29, 0.717) is 0 Å². The summed E-state index contributed by atoms with van der Waals surface area (Å²) in [7, 11) is 0. The first-order valence-electron chi connectivity index (χ1n) is 18.8. The van der Waals surface area contributed by atoms with Crippen molar-refractivity contribution in [3.63, 3.8) is 0 Å². The van der Waals surface area contributed by atoms with Gasteiger partial charge in [-0.3, -0.25) is 0 Å². The molecule has 9 aromatic rings. The largest absolute Gasteiger partial charge is 0.310 e. The minimum atomic E-state index is -0.0976. The minimum absolute atomic E-state index is 0.0976. The highest BCUT2D eigenvalue weighted by Gasteiger charge is 2.37. The van der Waals surface area contributed by atoms with Crippen LogP contribution in [0.15, 0.2) is 200 Å². The highest BCUT2D eigenvalue weighted by atomic mass is 15.1. The molecule has 0 atom stereocenters. The molecular formula is C53H39N. The standard InChI is InChI=1S/C53H39N/c1-53(2)49-23-11-10-21-46(49)52-50(53)24-13-25-51(52)54(42-30-26-38(27-31-42)45-22-12-19-36-16-8-9-20-44(36)45)43-32-28-39(29-33-43)48-35-41-18-7-6-17-40(41)34-47(48)37-14-4-3-5-15-37/h3-35H,1-2H3. The molecule has 0 aliphatic heterocycles. The van der Waals surface area contributed by atoms with Crippen LogP contribution in [0.1, 0.15) is 25.0 Å². The molecule has 256 valence electrons. The summed E-state index contributed by atoms with van der Waals surface area (Å²) in [5.74, 6) is 0. The topological polar surface area (TPSA) is 3.24 Å². The maximum atomic E-state index is 2.45. The highest BCUT2D eigenvalue weighted by Crippen LogP contribution is 2.54. The zero-order valence-corrected chi connectivity index (χ0v) is 30.5. The van der Waals surface area contributed by atoms with Crippen LogP contribution in [0.5, 0.6) is 0 Å². The Morgan fingerprint density at radius 3 is 1.52 bits per heavy atom. The molecule has 0 N–H and O–H groups in total. The smallest absolute Gasteiger partial charge is 0.0543 e. The van der Waals surface area contributed by atoms with Gasteiger partial charge in [-0.25, -0.2) is 0 Å². The van der Waals surface area contributed by atoms with Crippen LogP contribution >= 0.6 is 0 Å². The summed E-state index contributed by atoms with van der Waals surface area (Å²) >= 11 is 0. The average molecular weight is 690 g/mol. The van der Waals surface area contributed by atoms with Gasteiger partial charge in [0.25, 0.3) is 0 Å². The number of benzene rings is 9. The Bertz CT molecular complexity index is 2820. The molecule has 0 fully saturated rings. The third-order valence-electron chi connectivity index (χ3n) is 11.5. The van der Waals surface area contributed by atoms with Gasteiger partial charge in [0.1, 0.15) is 0 Å². The Balaban J connectivity index is 1.14. The fourth-order valence-corrected chi connectivity index (χ4v) is 8.74. The molecular weight excluding hydrogens is 651 g/mol. The van der Waals surface area contributed by atoms with Crippen molar-refractivity contribution >= 4 is 38.6 Å². The van der Waals surface area contributed by atoms with Gasteiger partial charge >= 0.3 is 0 Å². The zero-order valence-electron chi connectivity index (χ0n) is 30.5. The van der Waals surface area contributed by atoms with E-state index in [1.807, 2.05) is 0 Å². The molecule has 0 saturated carbocycles. The van der Waals surface area contributed by atoms with Crippen molar-refractivity contribution in [3.8, 4) is 44.5 Å². The van der Waals surface area contributed by atoms with Crippen LogP contribution in [0, 0.1) is 0 Å². The second kappa shape index (κ2) is 12.8. The molecule has 0 aromatic heterocycles. The van der Waals surface area contributed by atoms with Gasteiger partial charge in [0.15, 0.2) is 0 Å². The number of anilines is 3. The summed E-state index contributed by atoms with van der Waals surface area (Å²) in [6, 6.07) is 73.4. The predicted octanol–water partition coefficient (Wildman–Crippen LogP) is 14.8. The SMILES string of the molecule is CC1(C)c2ccccc2-c2c(N(c3ccc(-c4cc5ccccc5cc4-c4ccccc4)cc3)c3ccc(-c4cccc5ccccc45)cc3)cccc21. The summed E-state index contributed by atoms with van der Waals surface area (Å²) in [5, 5.41) is 5.01. The van der Waals surface area contributed by atoms with Gasteiger partial charge < -0.3 is 4.90 Å². The molecule has 1 aliphatic carbocycles. The van der Waals surface area contributed by atoms with Crippen molar-refractivity contribution in [1.29, 1.82) is 0 Å². The van der Waals surface area contributed by atoms with Crippen LogP contribution in [0.3, 0.4) is 0 Å². The molecule has 0 amide bonds. The second-order valence-corrected chi connectivity index (χ2v) is 14.9. The van der Waals surface area contributed by atoms with Crippen molar-refractivity contribution < 1.29 is 0 Å². The maximum Gasteiger partial charge on any atom is 0.0543 e. The van der Waals surface area contributed by atoms with Crippen molar-refractivity contribution in [2.24, 2.45) is 0 Å². The fourth-order valence-electron chi connectivity index (χ4n) is 8.74. The number of hydrogen-bond acceptors (Lipinski definition) is 1. The van der Waals surface area contributed by atoms with Gasteiger partial charge in [-0.05, 0) is 114 Å². The van der Waals surface area contributed by atoms with Gasteiger partial charge in [-0.1, -0.05) is 172 Å².